The first kappa shape index (κ1) is 19.0. The predicted octanol–water partition coefficient (Wildman–Crippen LogP) is 4.27. The molecule has 0 spiro atoms. The molecule has 130 valence electrons. The van der Waals surface area contributed by atoms with Crippen molar-refractivity contribution in [1.29, 1.82) is 0 Å². The van der Waals surface area contributed by atoms with Crippen LogP contribution in [0.5, 0.6) is 0 Å². The Hall–Kier alpha value is -1.28. The van der Waals surface area contributed by atoms with Crippen LogP contribution < -0.4 is 0 Å². The van der Waals surface area contributed by atoms with Gasteiger partial charge in [0.1, 0.15) is 6.73 Å². The topological polar surface area (TPSA) is 57.0 Å². The van der Waals surface area contributed by atoms with Crippen LogP contribution in [0.4, 0.5) is 4.39 Å². The van der Waals surface area contributed by atoms with Gasteiger partial charge in [0.25, 0.3) is 0 Å². The number of ketones is 1. The lowest BCUT2D eigenvalue weighted by Gasteiger charge is -2.16. The molecule has 2 heterocycles. The Morgan fingerprint density at radius 2 is 2.04 bits per heavy atom. The van der Waals surface area contributed by atoms with E-state index in [-0.39, 0.29) is 28.3 Å². The SMILES string of the molecule is C[Si](C)(C)CCOCn1ccnc1C(=O)c1cnc(Cl)c(F)c1Cl. The Labute approximate surface area is 150 Å². The number of hydrogen-bond acceptors (Lipinski definition) is 4. The van der Waals surface area contributed by atoms with Crippen LogP contribution in [0.1, 0.15) is 16.2 Å². The predicted molar refractivity (Wildman–Crippen MR) is 94.0 cm³/mol. The minimum atomic E-state index is -1.18. The molecular formula is C15H18Cl2FN3O2Si. The van der Waals surface area contributed by atoms with Gasteiger partial charge in [-0.2, -0.15) is 0 Å². The minimum absolute atomic E-state index is 0.0897. The van der Waals surface area contributed by atoms with Crippen molar-refractivity contribution >= 4 is 37.1 Å². The van der Waals surface area contributed by atoms with E-state index in [2.05, 4.69) is 29.6 Å². The third kappa shape index (κ3) is 4.63. The highest BCUT2D eigenvalue weighted by molar-refractivity contribution is 6.76. The van der Waals surface area contributed by atoms with E-state index in [1.807, 2.05) is 0 Å². The number of carbonyl (C=O) groups excluding carboxylic acids is 1. The van der Waals surface area contributed by atoms with Gasteiger partial charge in [-0.1, -0.05) is 42.8 Å². The number of hydrogen-bond donors (Lipinski definition) is 0. The van der Waals surface area contributed by atoms with Crippen LogP contribution in [-0.2, 0) is 11.5 Å². The number of pyridine rings is 1. The number of carbonyl (C=O) groups is 1. The molecule has 0 unspecified atom stereocenters. The maximum absolute atomic E-state index is 13.7. The van der Waals surface area contributed by atoms with Gasteiger partial charge in [0.2, 0.25) is 5.78 Å². The molecule has 0 saturated carbocycles. The summed E-state index contributed by atoms with van der Waals surface area (Å²) in [5, 5.41) is -0.747. The van der Waals surface area contributed by atoms with Gasteiger partial charge in [0.05, 0.1) is 10.6 Å². The van der Waals surface area contributed by atoms with Crippen molar-refractivity contribution in [3.05, 3.63) is 46.0 Å². The molecule has 0 amide bonds. The van der Waals surface area contributed by atoms with Gasteiger partial charge in [0, 0.05) is 33.3 Å². The summed E-state index contributed by atoms with van der Waals surface area (Å²) in [6.45, 7) is 7.57. The third-order valence-electron chi connectivity index (χ3n) is 3.31. The van der Waals surface area contributed by atoms with Crippen molar-refractivity contribution in [2.45, 2.75) is 32.4 Å². The molecular weight excluding hydrogens is 372 g/mol. The van der Waals surface area contributed by atoms with Crippen LogP contribution in [0.3, 0.4) is 0 Å². The smallest absolute Gasteiger partial charge is 0.231 e. The molecule has 0 radical (unpaired) electrons. The first-order valence-electron chi connectivity index (χ1n) is 7.34. The molecule has 0 aliphatic carbocycles. The molecule has 5 nitrogen and oxygen atoms in total. The molecule has 0 N–H and O–H groups in total. The fraction of sp³-hybridized carbons (Fsp3) is 0.400. The molecule has 24 heavy (non-hydrogen) atoms. The lowest BCUT2D eigenvalue weighted by Crippen LogP contribution is -2.22. The van der Waals surface area contributed by atoms with Crippen LogP contribution >= 0.6 is 23.2 Å². The Morgan fingerprint density at radius 1 is 1.33 bits per heavy atom. The summed E-state index contributed by atoms with van der Waals surface area (Å²) in [5.74, 6) is -1.36. The van der Waals surface area contributed by atoms with E-state index in [0.717, 1.165) is 12.2 Å². The highest BCUT2D eigenvalue weighted by Gasteiger charge is 2.22. The van der Waals surface area contributed by atoms with Crippen molar-refractivity contribution in [3.8, 4) is 0 Å². The lowest BCUT2D eigenvalue weighted by molar-refractivity contribution is 0.0812. The Bertz CT molecular complexity index is 747. The largest absolute Gasteiger partial charge is 0.361 e. The van der Waals surface area contributed by atoms with Crippen LogP contribution in [0, 0.1) is 5.82 Å². The van der Waals surface area contributed by atoms with Crippen molar-refractivity contribution in [1.82, 2.24) is 14.5 Å². The highest BCUT2D eigenvalue weighted by Crippen LogP contribution is 2.25. The Kier molecular flexibility index (Phi) is 6.14. The maximum Gasteiger partial charge on any atom is 0.231 e. The quantitative estimate of drug-likeness (QED) is 0.307. The first-order chi connectivity index (χ1) is 11.2. The van der Waals surface area contributed by atoms with Gasteiger partial charge in [-0.15, -0.1) is 0 Å². The zero-order valence-electron chi connectivity index (χ0n) is 13.6. The lowest BCUT2D eigenvalue weighted by atomic mass is 10.2. The second-order valence-corrected chi connectivity index (χ2v) is 12.8. The van der Waals surface area contributed by atoms with Crippen LogP contribution in [0.2, 0.25) is 35.9 Å². The molecule has 0 aromatic carbocycles. The summed E-state index contributed by atoms with van der Waals surface area (Å²) in [6, 6.07) is 1.02. The van der Waals surface area contributed by atoms with Crippen LogP contribution in [0.25, 0.3) is 0 Å². The van der Waals surface area contributed by atoms with Crippen LogP contribution in [0.15, 0.2) is 18.6 Å². The number of ether oxygens (including phenoxy) is 1. The molecule has 2 aromatic rings. The van der Waals surface area contributed by atoms with E-state index in [9.17, 15) is 9.18 Å². The molecule has 0 bridgehead atoms. The second kappa shape index (κ2) is 7.73. The number of rotatable bonds is 7. The molecule has 0 aliphatic heterocycles. The normalized spacial score (nSPS) is 11.8. The standard InChI is InChI=1S/C15H18Cl2FN3O2Si/c1-24(2,3)7-6-23-9-21-5-4-19-15(21)13(22)10-8-20-14(17)12(18)11(10)16/h4-5,8H,6-7,9H2,1-3H3. The summed E-state index contributed by atoms with van der Waals surface area (Å²) in [5.41, 5.74) is -0.0897. The van der Waals surface area contributed by atoms with Crippen molar-refractivity contribution in [3.63, 3.8) is 0 Å². The average molecular weight is 390 g/mol. The van der Waals surface area contributed by atoms with Crippen molar-refractivity contribution in [2.75, 3.05) is 6.61 Å². The minimum Gasteiger partial charge on any atom is -0.361 e. The summed E-state index contributed by atoms with van der Waals surface area (Å²) >= 11 is 11.4. The summed E-state index contributed by atoms with van der Waals surface area (Å²) in [7, 11) is -1.18. The number of nitrogens with zero attached hydrogens (tertiary/aromatic N) is 3. The summed E-state index contributed by atoms with van der Waals surface area (Å²) in [6.07, 6.45) is 4.24. The van der Waals surface area contributed by atoms with E-state index in [4.69, 9.17) is 27.9 Å². The molecule has 0 fully saturated rings. The van der Waals surface area contributed by atoms with Gasteiger partial charge in [-0.05, 0) is 6.04 Å². The molecule has 0 saturated heterocycles. The van der Waals surface area contributed by atoms with Gasteiger partial charge in [-0.25, -0.2) is 14.4 Å². The first-order valence-corrected chi connectivity index (χ1v) is 11.8. The Balaban J connectivity index is 2.12. The zero-order chi connectivity index (χ0) is 17.9. The summed E-state index contributed by atoms with van der Waals surface area (Å²) < 4.78 is 20.9. The van der Waals surface area contributed by atoms with Gasteiger partial charge >= 0.3 is 0 Å². The van der Waals surface area contributed by atoms with Crippen molar-refractivity contribution < 1.29 is 13.9 Å². The third-order valence-corrected chi connectivity index (χ3v) is 5.64. The van der Waals surface area contributed by atoms with Crippen LogP contribution in [-0.4, -0.2) is 35.0 Å². The second-order valence-electron chi connectivity index (χ2n) is 6.49. The zero-order valence-corrected chi connectivity index (χ0v) is 16.2. The van der Waals surface area contributed by atoms with E-state index in [0.29, 0.717) is 6.61 Å². The van der Waals surface area contributed by atoms with E-state index < -0.39 is 19.7 Å². The van der Waals surface area contributed by atoms with E-state index >= 15 is 0 Å². The number of halogens is 3. The van der Waals surface area contributed by atoms with Gasteiger partial charge < -0.3 is 9.30 Å². The van der Waals surface area contributed by atoms with E-state index in [1.54, 1.807) is 10.8 Å². The fourth-order valence-corrected chi connectivity index (χ4v) is 3.06. The van der Waals surface area contributed by atoms with Gasteiger partial charge in [0.15, 0.2) is 16.8 Å². The van der Waals surface area contributed by atoms with Crippen molar-refractivity contribution in [2.24, 2.45) is 0 Å². The fourth-order valence-electron chi connectivity index (χ4n) is 1.89. The molecule has 0 aliphatic rings. The Morgan fingerprint density at radius 3 is 2.71 bits per heavy atom. The average Bonchev–Trinajstić information content (AvgIpc) is 2.96. The number of imidazole rings is 1. The molecule has 2 rings (SSSR count). The molecule has 9 heteroatoms. The highest BCUT2D eigenvalue weighted by atomic mass is 35.5. The monoisotopic (exact) mass is 389 g/mol. The maximum atomic E-state index is 13.7. The summed E-state index contributed by atoms with van der Waals surface area (Å²) in [4.78, 5) is 20.2. The van der Waals surface area contributed by atoms with E-state index in [1.165, 1.54) is 6.20 Å². The molecule has 0 atom stereocenters. The van der Waals surface area contributed by atoms with Gasteiger partial charge in [-0.3, -0.25) is 4.79 Å². The number of aromatic nitrogens is 3. The molecule has 2 aromatic heterocycles.